The number of nitrogens with zero attached hydrogens (tertiary/aromatic N) is 2. The average molecular weight is 332 g/mol. The molecule has 21 heavy (non-hydrogen) atoms. The Hall–Kier alpha value is -0.360. The summed E-state index contributed by atoms with van der Waals surface area (Å²) in [5.74, 6) is 0. The molecule has 0 amide bonds. The number of nitrogens with two attached hydrogens (primary N) is 1. The second-order valence-electron chi connectivity index (χ2n) is 6.02. The van der Waals surface area contributed by atoms with Gasteiger partial charge in [0.1, 0.15) is 0 Å². The smallest absolute Gasteiger partial charge is 0.180 e. The highest BCUT2D eigenvalue weighted by molar-refractivity contribution is 7.13. The first-order chi connectivity index (χ1) is 9.81. The topological polar surface area (TPSA) is 51.4 Å². The van der Waals surface area contributed by atoms with Gasteiger partial charge in [-0.05, 0) is 51.6 Å². The molecule has 1 saturated carbocycles. The van der Waals surface area contributed by atoms with Gasteiger partial charge in [-0.2, -0.15) is 0 Å². The zero-order valence-electron chi connectivity index (χ0n) is 12.5. The molecule has 6 heteroatoms. The van der Waals surface area contributed by atoms with Crippen molar-refractivity contribution in [1.82, 2.24) is 9.88 Å². The van der Waals surface area contributed by atoms with Gasteiger partial charge >= 0.3 is 0 Å². The summed E-state index contributed by atoms with van der Waals surface area (Å²) >= 11 is 1.49. The molecule has 2 fully saturated rings. The maximum absolute atomic E-state index is 5.99. The molecule has 4 nitrogen and oxygen atoms in total. The molecule has 0 spiro atoms. The van der Waals surface area contributed by atoms with Gasteiger partial charge in [0, 0.05) is 11.4 Å². The number of likely N-dealkylation sites (tertiary alicyclic amines) is 1. The van der Waals surface area contributed by atoms with Crippen LogP contribution in [0.1, 0.15) is 50.6 Å². The van der Waals surface area contributed by atoms with E-state index in [9.17, 15) is 0 Å². The lowest BCUT2D eigenvalue weighted by Crippen LogP contribution is -2.42. The van der Waals surface area contributed by atoms with Gasteiger partial charge in [0.15, 0.2) is 5.13 Å². The summed E-state index contributed by atoms with van der Waals surface area (Å²) in [4.78, 5) is 6.96. The third-order valence-corrected chi connectivity index (χ3v) is 5.31. The maximum atomic E-state index is 5.99. The first kappa shape index (κ1) is 17.0. The summed E-state index contributed by atoms with van der Waals surface area (Å²) in [6.07, 6.45) is 9.60. The van der Waals surface area contributed by atoms with Gasteiger partial charge < -0.3 is 15.4 Å². The second kappa shape index (κ2) is 8.32. The Kier molecular flexibility index (Phi) is 6.74. The molecule has 3 rings (SSSR count). The number of halogens is 1. The first-order valence-corrected chi connectivity index (χ1v) is 8.75. The molecule has 0 unspecified atom stereocenters. The zero-order valence-corrected chi connectivity index (χ0v) is 14.1. The van der Waals surface area contributed by atoms with Gasteiger partial charge in [0.25, 0.3) is 0 Å². The molecule has 0 radical (unpaired) electrons. The van der Waals surface area contributed by atoms with Gasteiger partial charge in [0.2, 0.25) is 0 Å². The Bertz CT molecular complexity index is 415. The van der Waals surface area contributed by atoms with Crippen molar-refractivity contribution in [2.75, 3.05) is 18.8 Å². The lowest BCUT2D eigenvalue weighted by Gasteiger charge is -2.38. The van der Waals surface area contributed by atoms with Gasteiger partial charge in [0.05, 0.1) is 18.4 Å². The molecule has 120 valence electrons. The number of hydrogen-bond acceptors (Lipinski definition) is 5. The summed E-state index contributed by atoms with van der Waals surface area (Å²) in [5.41, 5.74) is 6.61. The van der Waals surface area contributed by atoms with E-state index >= 15 is 0 Å². The summed E-state index contributed by atoms with van der Waals surface area (Å²) < 4.78 is 5.99. The maximum Gasteiger partial charge on any atom is 0.180 e. The van der Waals surface area contributed by atoms with Gasteiger partial charge in [-0.1, -0.05) is 6.42 Å². The van der Waals surface area contributed by atoms with Gasteiger partial charge in [-0.15, -0.1) is 23.7 Å². The van der Waals surface area contributed by atoms with Crippen LogP contribution >= 0.6 is 23.7 Å². The van der Waals surface area contributed by atoms with Crippen LogP contribution < -0.4 is 5.73 Å². The summed E-state index contributed by atoms with van der Waals surface area (Å²) in [7, 11) is 0. The van der Waals surface area contributed by atoms with Crippen LogP contribution in [0.15, 0.2) is 5.38 Å². The highest BCUT2D eigenvalue weighted by Crippen LogP contribution is 2.27. The first-order valence-electron chi connectivity index (χ1n) is 7.87. The quantitative estimate of drug-likeness (QED) is 0.918. The zero-order chi connectivity index (χ0) is 13.8. The highest BCUT2D eigenvalue weighted by atomic mass is 35.5. The van der Waals surface area contributed by atoms with Crippen molar-refractivity contribution >= 4 is 28.9 Å². The van der Waals surface area contributed by atoms with Crippen LogP contribution in [-0.2, 0) is 11.3 Å². The van der Waals surface area contributed by atoms with E-state index in [1.165, 1.54) is 69.4 Å². The van der Waals surface area contributed by atoms with E-state index in [4.69, 9.17) is 10.5 Å². The molecule has 1 aromatic rings. The molecule has 1 aromatic heterocycles. The van der Waals surface area contributed by atoms with E-state index in [1.54, 1.807) is 0 Å². The van der Waals surface area contributed by atoms with Crippen LogP contribution in [0.4, 0.5) is 5.13 Å². The van der Waals surface area contributed by atoms with Crippen molar-refractivity contribution in [3.63, 3.8) is 0 Å². The number of ether oxygens (including phenoxy) is 1. The summed E-state index contributed by atoms with van der Waals surface area (Å²) in [6, 6.07) is 0.810. The van der Waals surface area contributed by atoms with Gasteiger partial charge in [-0.3, -0.25) is 0 Å². The molecule has 2 N–H and O–H groups in total. The number of aromatic nitrogens is 1. The molecule has 1 aliphatic carbocycles. The molecular weight excluding hydrogens is 306 g/mol. The molecular formula is C15H26ClN3OS. The van der Waals surface area contributed by atoms with Gasteiger partial charge in [-0.25, -0.2) is 4.98 Å². The number of rotatable bonds is 4. The van der Waals surface area contributed by atoms with Crippen molar-refractivity contribution in [2.45, 2.75) is 63.7 Å². The molecule has 0 bridgehead atoms. The minimum atomic E-state index is 0. The lowest BCUT2D eigenvalue weighted by molar-refractivity contribution is -0.00581. The Balaban J connectivity index is 0.00000161. The lowest BCUT2D eigenvalue weighted by atomic mass is 9.90. The molecule has 1 saturated heterocycles. The third kappa shape index (κ3) is 4.81. The Morgan fingerprint density at radius 1 is 1.19 bits per heavy atom. The van der Waals surface area contributed by atoms with Crippen molar-refractivity contribution in [2.24, 2.45) is 0 Å². The fraction of sp³-hybridized carbons (Fsp3) is 0.800. The van der Waals surface area contributed by atoms with Crippen molar-refractivity contribution in [1.29, 1.82) is 0 Å². The van der Waals surface area contributed by atoms with E-state index in [0.717, 1.165) is 11.7 Å². The minimum Gasteiger partial charge on any atom is -0.375 e. The highest BCUT2D eigenvalue weighted by Gasteiger charge is 2.27. The van der Waals surface area contributed by atoms with E-state index in [1.807, 2.05) is 5.38 Å². The number of hydrogen-bond donors (Lipinski definition) is 1. The van der Waals surface area contributed by atoms with Crippen molar-refractivity contribution < 1.29 is 4.74 Å². The molecule has 2 aliphatic rings. The van der Waals surface area contributed by atoms with Crippen molar-refractivity contribution in [3.8, 4) is 0 Å². The van der Waals surface area contributed by atoms with Crippen LogP contribution in [0.3, 0.4) is 0 Å². The predicted molar refractivity (Wildman–Crippen MR) is 90.0 cm³/mol. The fourth-order valence-electron chi connectivity index (χ4n) is 3.45. The average Bonchev–Trinajstić information content (AvgIpc) is 2.92. The minimum absolute atomic E-state index is 0. The number of nitrogen functional groups attached to an aromatic ring is 1. The van der Waals surface area contributed by atoms with E-state index < -0.39 is 0 Å². The van der Waals surface area contributed by atoms with Crippen LogP contribution in [0.5, 0.6) is 0 Å². The van der Waals surface area contributed by atoms with E-state index in [-0.39, 0.29) is 12.4 Å². The standard InChI is InChI=1S/C15H25N3OS.ClH/c16-15-17-12(11-20-15)10-19-14-6-4-13(5-7-14)18-8-2-1-3-9-18;/h11,13-14H,1-10H2,(H2,16,17);1H. The summed E-state index contributed by atoms with van der Waals surface area (Å²) in [5, 5.41) is 2.63. The molecule has 0 aromatic carbocycles. The molecule has 0 atom stereocenters. The Morgan fingerprint density at radius 2 is 1.90 bits per heavy atom. The molecule has 2 heterocycles. The van der Waals surface area contributed by atoms with Crippen LogP contribution in [0.2, 0.25) is 0 Å². The summed E-state index contributed by atoms with van der Waals surface area (Å²) in [6.45, 7) is 3.25. The fourth-order valence-corrected chi connectivity index (χ4v) is 4.00. The van der Waals surface area contributed by atoms with E-state index in [0.29, 0.717) is 17.8 Å². The normalized spacial score (nSPS) is 27.2. The second-order valence-corrected chi connectivity index (χ2v) is 6.90. The SMILES string of the molecule is Cl.Nc1nc(COC2CCC(N3CCCCC3)CC2)cs1. The van der Waals surface area contributed by atoms with Crippen molar-refractivity contribution in [3.05, 3.63) is 11.1 Å². The Labute approximate surface area is 137 Å². The number of thiazole rings is 1. The third-order valence-electron chi connectivity index (χ3n) is 4.59. The van der Waals surface area contributed by atoms with E-state index in [2.05, 4.69) is 9.88 Å². The number of anilines is 1. The number of piperidine rings is 1. The molecule has 1 aliphatic heterocycles. The largest absolute Gasteiger partial charge is 0.375 e. The Morgan fingerprint density at radius 3 is 2.52 bits per heavy atom. The predicted octanol–water partition coefficient (Wildman–Crippen LogP) is 3.46. The van der Waals surface area contributed by atoms with Crippen LogP contribution in [0, 0.1) is 0 Å². The van der Waals surface area contributed by atoms with Crippen LogP contribution in [0.25, 0.3) is 0 Å². The van der Waals surface area contributed by atoms with Crippen LogP contribution in [-0.4, -0.2) is 35.1 Å². The monoisotopic (exact) mass is 331 g/mol.